The van der Waals surface area contributed by atoms with E-state index in [0.717, 1.165) is 11.1 Å². The van der Waals surface area contributed by atoms with Crippen LogP contribution in [0.15, 0.2) is 33.3 Å². The van der Waals surface area contributed by atoms with E-state index in [-0.39, 0.29) is 0 Å². The minimum Gasteiger partial charge on any atom is -0.334 e. The minimum atomic E-state index is 0.501. The van der Waals surface area contributed by atoms with Crippen molar-refractivity contribution in [3.05, 3.63) is 35.9 Å². The first kappa shape index (κ1) is 13.9. The average molecular weight is 272 g/mol. The second kappa shape index (κ2) is 6.10. The first-order chi connectivity index (χ1) is 9.72. The molecule has 0 amide bonds. The highest BCUT2D eigenvalue weighted by molar-refractivity contribution is 5.61. The zero-order chi connectivity index (χ0) is 14.5. The molecule has 0 aliphatic carbocycles. The summed E-state index contributed by atoms with van der Waals surface area (Å²) in [4.78, 5) is 8.32. The molecule has 20 heavy (non-hydrogen) atoms. The third-order valence-electron chi connectivity index (χ3n) is 2.43. The smallest absolute Gasteiger partial charge is 0.257 e. The third kappa shape index (κ3) is 2.90. The molecule has 0 aliphatic heterocycles. The lowest BCUT2D eigenvalue weighted by Crippen LogP contribution is -1.81. The van der Waals surface area contributed by atoms with Gasteiger partial charge in [-0.05, 0) is 38.1 Å². The van der Waals surface area contributed by atoms with Crippen LogP contribution in [-0.2, 0) is 0 Å². The first-order valence-electron chi connectivity index (χ1n) is 6.44. The van der Waals surface area contributed by atoms with Crippen molar-refractivity contribution < 1.29 is 9.05 Å². The zero-order valence-electron chi connectivity index (χ0n) is 11.9. The van der Waals surface area contributed by atoms with Gasteiger partial charge in [0.1, 0.15) is 0 Å². The van der Waals surface area contributed by atoms with Crippen molar-refractivity contribution in [2.24, 2.45) is 0 Å². The molecule has 0 fully saturated rings. The normalized spacial score (nSPS) is 10.0. The van der Waals surface area contributed by atoms with Crippen LogP contribution >= 0.6 is 0 Å². The molecular formula is C14H16N4O2. The number of hydrogen-bond donors (Lipinski definition) is 0. The van der Waals surface area contributed by atoms with Crippen molar-refractivity contribution in [2.45, 2.75) is 27.7 Å². The number of aromatic nitrogens is 4. The molecule has 3 aromatic rings. The van der Waals surface area contributed by atoms with Gasteiger partial charge in [-0.1, -0.05) is 24.2 Å². The summed E-state index contributed by atoms with van der Waals surface area (Å²) >= 11 is 0. The van der Waals surface area contributed by atoms with E-state index in [1.165, 1.54) is 0 Å². The predicted molar refractivity (Wildman–Crippen MR) is 73.8 cm³/mol. The van der Waals surface area contributed by atoms with Crippen LogP contribution in [0.25, 0.3) is 22.9 Å². The fraction of sp³-hybridized carbons (Fsp3) is 0.286. The molecule has 1 aromatic carbocycles. The fourth-order valence-electron chi connectivity index (χ4n) is 1.58. The van der Waals surface area contributed by atoms with Gasteiger partial charge in [-0.15, -0.1) is 0 Å². The molecule has 0 radical (unpaired) electrons. The molecule has 0 saturated heterocycles. The molecule has 0 spiro atoms. The maximum absolute atomic E-state index is 5.09. The summed E-state index contributed by atoms with van der Waals surface area (Å²) in [5.41, 5.74) is 1.71. The molecule has 3 rings (SSSR count). The van der Waals surface area contributed by atoms with E-state index in [1.54, 1.807) is 13.8 Å². The fourth-order valence-corrected chi connectivity index (χ4v) is 1.58. The second-order valence-electron chi connectivity index (χ2n) is 3.87. The van der Waals surface area contributed by atoms with Crippen molar-refractivity contribution in [1.29, 1.82) is 0 Å². The van der Waals surface area contributed by atoms with Gasteiger partial charge in [-0.25, -0.2) is 0 Å². The monoisotopic (exact) mass is 272 g/mol. The topological polar surface area (TPSA) is 77.8 Å². The zero-order valence-corrected chi connectivity index (χ0v) is 11.9. The highest BCUT2D eigenvalue weighted by atomic mass is 16.5. The maximum Gasteiger partial charge on any atom is 0.257 e. The van der Waals surface area contributed by atoms with Gasteiger partial charge < -0.3 is 9.05 Å². The predicted octanol–water partition coefficient (Wildman–Crippen LogP) is 3.43. The Labute approximate surface area is 116 Å². The summed E-state index contributed by atoms with van der Waals surface area (Å²) in [7, 11) is 0. The lowest BCUT2D eigenvalue weighted by molar-refractivity contribution is 0.424. The Hall–Kier alpha value is -2.50. The van der Waals surface area contributed by atoms with Gasteiger partial charge in [-0.2, -0.15) is 9.97 Å². The van der Waals surface area contributed by atoms with Crippen LogP contribution in [-0.4, -0.2) is 20.3 Å². The van der Waals surface area contributed by atoms with E-state index < -0.39 is 0 Å². The Morgan fingerprint density at radius 3 is 1.30 bits per heavy atom. The van der Waals surface area contributed by atoms with E-state index in [0.29, 0.717) is 23.4 Å². The summed E-state index contributed by atoms with van der Waals surface area (Å²) in [5.74, 6) is 2.23. The van der Waals surface area contributed by atoms with Crippen LogP contribution in [0.2, 0.25) is 0 Å². The lowest BCUT2D eigenvalue weighted by Gasteiger charge is -1.96. The summed E-state index contributed by atoms with van der Waals surface area (Å²) in [6.07, 6.45) is 0. The van der Waals surface area contributed by atoms with E-state index in [2.05, 4.69) is 20.3 Å². The Morgan fingerprint density at radius 2 is 1.05 bits per heavy atom. The van der Waals surface area contributed by atoms with Crippen molar-refractivity contribution >= 4 is 0 Å². The molecule has 0 bridgehead atoms. The molecule has 0 unspecified atom stereocenters. The lowest BCUT2D eigenvalue weighted by atomic mass is 10.1. The van der Waals surface area contributed by atoms with Crippen LogP contribution in [0, 0.1) is 13.8 Å². The number of aryl methyl sites for hydroxylation is 2. The second-order valence-corrected chi connectivity index (χ2v) is 3.87. The molecule has 0 atom stereocenters. The van der Waals surface area contributed by atoms with Crippen molar-refractivity contribution in [3.63, 3.8) is 0 Å². The maximum atomic E-state index is 5.09. The quantitative estimate of drug-likeness (QED) is 0.711. The summed E-state index contributed by atoms with van der Waals surface area (Å²) in [6.45, 7) is 7.56. The Kier molecular flexibility index (Phi) is 4.24. The van der Waals surface area contributed by atoms with Gasteiger partial charge in [0.15, 0.2) is 11.6 Å². The molecule has 2 heterocycles. The van der Waals surface area contributed by atoms with Crippen LogP contribution in [0.1, 0.15) is 25.5 Å². The van der Waals surface area contributed by atoms with Gasteiger partial charge in [0.05, 0.1) is 0 Å². The molecule has 0 saturated carbocycles. The first-order valence-corrected chi connectivity index (χ1v) is 6.44. The number of rotatable bonds is 2. The number of benzene rings is 1. The third-order valence-corrected chi connectivity index (χ3v) is 2.43. The Balaban J connectivity index is 0.000000704. The van der Waals surface area contributed by atoms with E-state index in [9.17, 15) is 0 Å². The summed E-state index contributed by atoms with van der Waals surface area (Å²) < 4.78 is 10.2. The highest BCUT2D eigenvalue weighted by Crippen LogP contribution is 2.22. The largest absolute Gasteiger partial charge is 0.334 e. The molecule has 0 N–H and O–H groups in total. The Morgan fingerprint density at radius 1 is 0.700 bits per heavy atom. The van der Waals surface area contributed by atoms with Gasteiger partial charge in [0.25, 0.3) is 11.8 Å². The highest BCUT2D eigenvalue weighted by Gasteiger charge is 2.09. The summed E-state index contributed by atoms with van der Waals surface area (Å²) in [6, 6.07) is 7.51. The average Bonchev–Trinajstić information content (AvgIpc) is 3.10. The SMILES string of the molecule is CC.Cc1noc(-c2ccc(-c3nc(C)no3)cc2)n1. The van der Waals surface area contributed by atoms with E-state index in [4.69, 9.17) is 9.05 Å². The van der Waals surface area contributed by atoms with Crippen molar-refractivity contribution in [3.8, 4) is 22.9 Å². The number of hydrogen-bond acceptors (Lipinski definition) is 6. The van der Waals surface area contributed by atoms with Gasteiger partial charge in [0.2, 0.25) is 0 Å². The van der Waals surface area contributed by atoms with Crippen LogP contribution in [0.3, 0.4) is 0 Å². The van der Waals surface area contributed by atoms with Crippen LogP contribution in [0.4, 0.5) is 0 Å². The molecule has 6 nitrogen and oxygen atoms in total. The van der Waals surface area contributed by atoms with E-state index in [1.807, 2.05) is 38.1 Å². The van der Waals surface area contributed by atoms with Crippen molar-refractivity contribution in [1.82, 2.24) is 20.3 Å². The molecule has 0 aliphatic rings. The van der Waals surface area contributed by atoms with Gasteiger partial charge >= 0.3 is 0 Å². The number of nitrogens with zero attached hydrogens (tertiary/aromatic N) is 4. The van der Waals surface area contributed by atoms with Gasteiger partial charge in [0, 0.05) is 11.1 Å². The molecule has 104 valence electrons. The molecular weight excluding hydrogens is 256 g/mol. The summed E-state index contributed by atoms with van der Waals surface area (Å²) in [5, 5.41) is 7.50. The van der Waals surface area contributed by atoms with Crippen molar-refractivity contribution in [2.75, 3.05) is 0 Å². The minimum absolute atomic E-state index is 0.501. The standard InChI is InChI=1S/C12H10N4O2.C2H6/c1-7-13-11(17-15-7)9-3-5-10(6-4-9)12-14-8(2)16-18-12;1-2/h3-6H,1-2H3;1-2H3. The molecule has 6 heteroatoms. The van der Waals surface area contributed by atoms with Crippen LogP contribution in [0.5, 0.6) is 0 Å². The van der Waals surface area contributed by atoms with E-state index >= 15 is 0 Å². The molecule has 2 aromatic heterocycles. The van der Waals surface area contributed by atoms with Gasteiger partial charge in [-0.3, -0.25) is 0 Å². The van der Waals surface area contributed by atoms with Crippen LogP contribution < -0.4 is 0 Å². The Bertz CT molecular complexity index is 611.